The Labute approximate surface area is 420 Å². The van der Waals surface area contributed by atoms with E-state index in [1.165, 1.54) is 116 Å². The zero-order chi connectivity index (χ0) is 49.3. The number of esters is 3. The summed E-state index contributed by atoms with van der Waals surface area (Å²) in [6.07, 6.45) is 73.2. The maximum absolute atomic E-state index is 12.7. The summed E-state index contributed by atoms with van der Waals surface area (Å²) in [7, 11) is 0. The predicted octanol–water partition coefficient (Wildman–Crippen LogP) is 19.2. The molecule has 0 N–H and O–H groups in total. The van der Waals surface area contributed by atoms with E-state index in [0.29, 0.717) is 19.3 Å². The molecule has 0 saturated heterocycles. The van der Waals surface area contributed by atoms with E-state index >= 15 is 0 Å². The van der Waals surface area contributed by atoms with Gasteiger partial charge in [-0.2, -0.15) is 0 Å². The molecule has 0 aliphatic heterocycles. The van der Waals surface area contributed by atoms with Crippen molar-refractivity contribution >= 4 is 17.9 Å². The van der Waals surface area contributed by atoms with Gasteiger partial charge in [0, 0.05) is 19.3 Å². The topological polar surface area (TPSA) is 78.9 Å². The van der Waals surface area contributed by atoms with E-state index in [-0.39, 0.29) is 31.1 Å². The highest BCUT2D eigenvalue weighted by Gasteiger charge is 2.19. The van der Waals surface area contributed by atoms with Gasteiger partial charge in [0.05, 0.1) is 0 Å². The average Bonchev–Trinajstić information content (AvgIpc) is 3.34. The van der Waals surface area contributed by atoms with Crippen LogP contribution < -0.4 is 0 Å². The Hall–Kier alpha value is -3.41. The van der Waals surface area contributed by atoms with Crippen molar-refractivity contribution in [2.45, 2.75) is 277 Å². The number of hydrogen-bond donors (Lipinski definition) is 0. The van der Waals surface area contributed by atoms with Gasteiger partial charge in [0.2, 0.25) is 0 Å². The van der Waals surface area contributed by atoms with Crippen LogP contribution in [0.5, 0.6) is 0 Å². The molecule has 0 aliphatic rings. The fourth-order valence-electron chi connectivity index (χ4n) is 7.86. The van der Waals surface area contributed by atoms with Gasteiger partial charge in [0.1, 0.15) is 13.2 Å². The Morgan fingerprint density at radius 3 is 0.971 bits per heavy atom. The lowest BCUT2D eigenvalue weighted by Gasteiger charge is -2.18. The number of ether oxygens (including phenoxy) is 3. The third-order valence-electron chi connectivity index (χ3n) is 12.1. The summed E-state index contributed by atoms with van der Waals surface area (Å²) >= 11 is 0. The first-order chi connectivity index (χ1) is 33.5. The van der Waals surface area contributed by atoms with Crippen molar-refractivity contribution in [3.05, 3.63) is 85.1 Å². The number of allylic oxidation sites excluding steroid dienone is 14. The summed E-state index contributed by atoms with van der Waals surface area (Å²) < 4.78 is 16.8. The van der Waals surface area contributed by atoms with Crippen LogP contribution in [-0.2, 0) is 28.6 Å². The van der Waals surface area contributed by atoms with Crippen LogP contribution in [0.2, 0.25) is 0 Å². The third kappa shape index (κ3) is 53.5. The molecule has 0 aromatic heterocycles. The van der Waals surface area contributed by atoms with Crippen molar-refractivity contribution in [1.82, 2.24) is 0 Å². The minimum absolute atomic E-state index is 0.0775. The molecule has 0 saturated carbocycles. The Bertz CT molecular complexity index is 1320. The first kappa shape index (κ1) is 64.6. The molecule has 0 aliphatic carbocycles. The Kier molecular flexibility index (Phi) is 53.4. The van der Waals surface area contributed by atoms with Crippen molar-refractivity contribution in [3.8, 4) is 0 Å². The van der Waals surface area contributed by atoms with E-state index < -0.39 is 6.10 Å². The molecule has 390 valence electrons. The van der Waals surface area contributed by atoms with Crippen LogP contribution in [-0.4, -0.2) is 37.2 Å². The van der Waals surface area contributed by atoms with E-state index in [1.54, 1.807) is 0 Å². The van der Waals surface area contributed by atoms with Gasteiger partial charge < -0.3 is 14.2 Å². The molecule has 0 aromatic rings. The van der Waals surface area contributed by atoms with Crippen LogP contribution >= 0.6 is 0 Å². The molecule has 68 heavy (non-hydrogen) atoms. The van der Waals surface area contributed by atoms with Crippen LogP contribution in [0.3, 0.4) is 0 Å². The summed E-state index contributed by atoms with van der Waals surface area (Å²) in [6, 6.07) is 0. The summed E-state index contributed by atoms with van der Waals surface area (Å²) in [5, 5.41) is 0. The zero-order valence-corrected chi connectivity index (χ0v) is 44.6. The van der Waals surface area contributed by atoms with E-state index in [0.717, 1.165) is 116 Å². The summed E-state index contributed by atoms with van der Waals surface area (Å²) in [4.78, 5) is 37.9. The van der Waals surface area contributed by atoms with Gasteiger partial charge in [-0.3, -0.25) is 14.4 Å². The van der Waals surface area contributed by atoms with Crippen molar-refractivity contribution in [2.24, 2.45) is 0 Å². The smallest absolute Gasteiger partial charge is 0.306 e. The molecule has 0 fully saturated rings. The molecule has 1 unspecified atom stereocenters. The summed E-state index contributed by atoms with van der Waals surface area (Å²) in [5.74, 6) is -0.890. The Balaban J connectivity index is 4.07. The molecular weight excluding hydrogens is 841 g/mol. The van der Waals surface area contributed by atoms with Crippen LogP contribution in [0.4, 0.5) is 0 Å². The van der Waals surface area contributed by atoms with Crippen LogP contribution in [0, 0.1) is 0 Å². The molecule has 6 heteroatoms. The predicted molar refractivity (Wildman–Crippen MR) is 293 cm³/mol. The van der Waals surface area contributed by atoms with E-state index in [1.807, 2.05) is 0 Å². The van der Waals surface area contributed by atoms with Gasteiger partial charge in [0.25, 0.3) is 0 Å². The molecule has 6 nitrogen and oxygen atoms in total. The summed E-state index contributed by atoms with van der Waals surface area (Å²) in [6.45, 7) is 6.44. The minimum atomic E-state index is -0.776. The highest BCUT2D eigenvalue weighted by molar-refractivity contribution is 5.71. The highest BCUT2D eigenvalue weighted by Crippen LogP contribution is 2.15. The van der Waals surface area contributed by atoms with Gasteiger partial charge in [-0.15, -0.1) is 0 Å². The Morgan fingerprint density at radius 2 is 0.603 bits per heavy atom. The number of rotatable bonds is 51. The molecule has 0 bridgehead atoms. The molecule has 0 amide bonds. The summed E-state index contributed by atoms with van der Waals surface area (Å²) in [5.41, 5.74) is 0. The maximum atomic E-state index is 12.7. The van der Waals surface area contributed by atoms with Crippen LogP contribution in [0.15, 0.2) is 85.1 Å². The lowest BCUT2D eigenvalue weighted by Crippen LogP contribution is -2.30. The number of carbonyl (C=O) groups is 3. The normalized spacial score (nSPS) is 12.7. The molecule has 0 heterocycles. The molecular formula is C62H106O6. The third-order valence-corrected chi connectivity index (χ3v) is 12.1. The quantitative estimate of drug-likeness (QED) is 0.0262. The fraction of sp³-hybridized carbons (Fsp3) is 0.726. The second-order valence-electron chi connectivity index (χ2n) is 18.8. The van der Waals surface area contributed by atoms with Gasteiger partial charge in [-0.25, -0.2) is 0 Å². The second-order valence-corrected chi connectivity index (χ2v) is 18.8. The molecule has 1 atom stereocenters. The minimum Gasteiger partial charge on any atom is -0.462 e. The lowest BCUT2D eigenvalue weighted by molar-refractivity contribution is -0.167. The van der Waals surface area contributed by atoms with Gasteiger partial charge >= 0.3 is 17.9 Å². The maximum Gasteiger partial charge on any atom is 0.306 e. The second kappa shape index (κ2) is 56.2. The standard InChI is InChI=1S/C62H106O6/c1-4-7-10-13-16-19-21-22-23-24-25-26-27-28-29-30-31-32-33-34-35-36-37-38-39-40-41-44-46-49-52-55-61(64)67-58-59(57-66-60(63)54-51-48-45-42-18-15-12-9-6-3)68-62(65)56-53-50-47-43-20-17-14-11-8-5-2/h7,10-11,14,16,19,22-23,25-26,28-29,31-32,59H,4-6,8-9,12-13,15,17-18,20-21,24,27,30,33-58H2,1-3H3/b10-7-,14-11-,19-16-,23-22-,26-25-,29-28-,32-31-. The highest BCUT2D eigenvalue weighted by atomic mass is 16.6. The van der Waals surface area contributed by atoms with E-state index in [9.17, 15) is 14.4 Å². The first-order valence-electron chi connectivity index (χ1n) is 28.6. The van der Waals surface area contributed by atoms with Gasteiger partial charge in [-0.1, -0.05) is 247 Å². The molecule has 0 radical (unpaired) electrons. The monoisotopic (exact) mass is 947 g/mol. The molecule has 0 spiro atoms. The van der Waals surface area contributed by atoms with E-state index in [2.05, 4.69) is 106 Å². The zero-order valence-electron chi connectivity index (χ0n) is 44.6. The van der Waals surface area contributed by atoms with Crippen molar-refractivity contribution in [3.63, 3.8) is 0 Å². The van der Waals surface area contributed by atoms with Crippen LogP contribution in [0.25, 0.3) is 0 Å². The van der Waals surface area contributed by atoms with Crippen molar-refractivity contribution in [2.75, 3.05) is 13.2 Å². The fourth-order valence-corrected chi connectivity index (χ4v) is 7.86. The van der Waals surface area contributed by atoms with Crippen LogP contribution in [0.1, 0.15) is 271 Å². The van der Waals surface area contributed by atoms with Gasteiger partial charge in [-0.05, 0) is 89.9 Å². The Morgan fingerprint density at radius 1 is 0.309 bits per heavy atom. The lowest BCUT2D eigenvalue weighted by atomic mass is 10.0. The van der Waals surface area contributed by atoms with Crippen molar-refractivity contribution < 1.29 is 28.6 Å². The number of unbranched alkanes of at least 4 members (excludes halogenated alkanes) is 26. The van der Waals surface area contributed by atoms with Gasteiger partial charge in [0.15, 0.2) is 6.10 Å². The first-order valence-corrected chi connectivity index (χ1v) is 28.6. The van der Waals surface area contributed by atoms with E-state index in [4.69, 9.17) is 14.2 Å². The van der Waals surface area contributed by atoms with Crippen molar-refractivity contribution in [1.29, 1.82) is 0 Å². The number of carbonyl (C=O) groups excluding carboxylic acids is 3. The molecule has 0 aromatic carbocycles. The molecule has 0 rings (SSSR count). The average molecular weight is 948 g/mol. The SMILES string of the molecule is CC/C=C\C/C=C\C/C=C\C/C=C\C/C=C\C/C=C\CCCCCCCCCCCCCCC(=O)OCC(COC(=O)CCCCCCCCCCC)OC(=O)CCCCCCC/C=C\CCC. The number of hydrogen-bond acceptors (Lipinski definition) is 6. The largest absolute Gasteiger partial charge is 0.462 e.